The van der Waals surface area contributed by atoms with E-state index in [9.17, 15) is 0 Å². The van der Waals surface area contributed by atoms with Crippen LogP contribution in [0.5, 0.6) is 0 Å². The molecule has 0 saturated carbocycles. The number of ether oxygens (including phenoxy) is 2. The van der Waals surface area contributed by atoms with Gasteiger partial charge in [0.05, 0.1) is 0 Å². The van der Waals surface area contributed by atoms with Crippen LogP contribution in [0.2, 0.25) is 0 Å². The molecule has 104 valence electrons. The van der Waals surface area contributed by atoms with E-state index >= 15 is 0 Å². The molecule has 0 bridgehead atoms. The standard InChI is InChI=1S/C16H28O2/c1-13(2)9-7-10-14(3)11-8-12-15(4)16(17-5)18-6/h8-9,11-12,15-16H,7,10H2,1-6H3. The van der Waals surface area contributed by atoms with Crippen LogP contribution in [0.1, 0.15) is 40.5 Å². The maximum absolute atomic E-state index is 5.21. The Morgan fingerprint density at radius 1 is 1.11 bits per heavy atom. The molecule has 2 nitrogen and oxygen atoms in total. The van der Waals surface area contributed by atoms with Gasteiger partial charge in [-0.05, 0) is 33.6 Å². The third kappa shape index (κ3) is 8.26. The highest BCUT2D eigenvalue weighted by atomic mass is 16.7. The first-order valence-electron chi connectivity index (χ1n) is 6.54. The quantitative estimate of drug-likeness (QED) is 0.360. The van der Waals surface area contributed by atoms with E-state index in [0.717, 1.165) is 12.8 Å². The van der Waals surface area contributed by atoms with Gasteiger partial charge in [0.1, 0.15) is 0 Å². The number of hydrogen-bond acceptors (Lipinski definition) is 2. The summed E-state index contributed by atoms with van der Waals surface area (Å²) in [6.07, 6.45) is 10.7. The van der Waals surface area contributed by atoms with Crippen LogP contribution in [0.25, 0.3) is 0 Å². The van der Waals surface area contributed by atoms with Gasteiger partial charge in [-0.25, -0.2) is 0 Å². The maximum Gasteiger partial charge on any atom is 0.162 e. The van der Waals surface area contributed by atoms with Gasteiger partial charge in [0.15, 0.2) is 6.29 Å². The van der Waals surface area contributed by atoms with Gasteiger partial charge in [-0.2, -0.15) is 0 Å². The van der Waals surface area contributed by atoms with Crippen molar-refractivity contribution in [2.75, 3.05) is 14.2 Å². The van der Waals surface area contributed by atoms with Gasteiger partial charge in [0.25, 0.3) is 0 Å². The molecule has 0 fully saturated rings. The maximum atomic E-state index is 5.21. The van der Waals surface area contributed by atoms with Gasteiger partial charge in [-0.3, -0.25) is 0 Å². The summed E-state index contributed by atoms with van der Waals surface area (Å²) < 4.78 is 10.4. The van der Waals surface area contributed by atoms with Crippen molar-refractivity contribution in [3.63, 3.8) is 0 Å². The van der Waals surface area contributed by atoms with Gasteiger partial charge in [-0.15, -0.1) is 0 Å². The van der Waals surface area contributed by atoms with Crippen molar-refractivity contribution >= 4 is 0 Å². The first kappa shape index (κ1) is 17.1. The molecule has 0 saturated heterocycles. The molecule has 1 unspecified atom stereocenters. The number of allylic oxidation sites excluding steroid dienone is 5. The van der Waals surface area contributed by atoms with Crippen molar-refractivity contribution < 1.29 is 9.47 Å². The van der Waals surface area contributed by atoms with Gasteiger partial charge in [-0.1, -0.05) is 42.4 Å². The minimum atomic E-state index is -0.166. The summed E-state index contributed by atoms with van der Waals surface area (Å²) in [6, 6.07) is 0. The minimum absolute atomic E-state index is 0.166. The molecule has 0 aromatic heterocycles. The zero-order valence-corrected chi connectivity index (χ0v) is 12.7. The second-order valence-electron chi connectivity index (χ2n) is 4.92. The summed E-state index contributed by atoms with van der Waals surface area (Å²) in [7, 11) is 3.33. The van der Waals surface area contributed by atoms with E-state index in [-0.39, 0.29) is 12.2 Å². The summed E-state index contributed by atoms with van der Waals surface area (Å²) in [6.45, 7) is 8.52. The van der Waals surface area contributed by atoms with E-state index in [1.165, 1.54) is 11.1 Å². The van der Waals surface area contributed by atoms with E-state index in [1.807, 2.05) is 0 Å². The van der Waals surface area contributed by atoms with Crippen LogP contribution in [-0.2, 0) is 9.47 Å². The molecule has 0 radical (unpaired) electrons. The van der Waals surface area contributed by atoms with Crippen LogP contribution in [0.3, 0.4) is 0 Å². The van der Waals surface area contributed by atoms with Crippen molar-refractivity contribution in [2.45, 2.75) is 46.8 Å². The highest BCUT2D eigenvalue weighted by Crippen LogP contribution is 2.11. The van der Waals surface area contributed by atoms with Crippen molar-refractivity contribution in [1.82, 2.24) is 0 Å². The average Bonchev–Trinajstić information content (AvgIpc) is 2.30. The van der Waals surface area contributed by atoms with Gasteiger partial charge < -0.3 is 9.47 Å². The monoisotopic (exact) mass is 252 g/mol. The molecule has 0 heterocycles. The van der Waals surface area contributed by atoms with Crippen molar-refractivity contribution in [2.24, 2.45) is 5.92 Å². The fraction of sp³-hybridized carbons (Fsp3) is 0.625. The summed E-state index contributed by atoms with van der Waals surface area (Å²) in [5.41, 5.74) is 2.78. The Kier molecular flexibility index (Phi) is 9.62. The fourth-order valence-electron chi connectivity index (χ4n) is 1.68. The molecule has 0 aliphatic rings. The predicted molar refractivity (Wildman–Crippen MR) is 78.5 cm³/mol. The third-order valence-corrected chi connectivity index (χ3v) is 2.78. The Hall–Kier alpha value is -0.860. The van der Waals surface area contributed by atoms with Crippen molar-refractivity contribution in [3.05, 3.63) is 35.5 Å². The van der Waals surface area contributed by atoms with E-state index in [2.05, 4.69) is 52.0 Å². The first-order valence-corrected chi connectivity index (χ1v) is 6.54. The lowest BCUT2D eigenvalue weighted by Gasteiger charge is -2.17. The van der Waals surface area contributed by atoms with Gasteiger partial charge in [0, 0.05) is 20.1 Å². The van der Waals surface area contributed by atoms with Gasteiger partial charge >= 0.3 is 0 Å². The van der Waals surface area contributed by atoms with Crippen LogP contribution < -0.4 is 0 Å². The molecule has 0 aliphatic heterocycles. The Morgan fingerprint density at radius 2 is 1.72 bits per heavy atom. The molecule has 18 heavy (non-hydrogen) atoms. The molecule has 2 heteroatoms. The largest absolute Gasteiger partial charge is 0.355 e. The summed E-state index contributed by atoms with van der Waals surface area (Å²) in [4.78, 5) is 0. The Balaban J connectivity index is 4.15. The molecule has 0 amide bonds. The molecule has 0 aromatic rings. The SMILES string of the molecule is COC(OC)C(C)C=CC=C(C)CCC=C(C)C. The number of hydrogen-bond donors (Lipinski definition) is 0. The number of methoxy groups -OCH3 is 2. The lowest BCUT2D eigenvalue weighted by Crippen LogP contribution is -2.20. The molecule has 0 spiro atoms. The minimum Gasteiger partial charge on any atom is -0.355 e. The van der Waals surface area contributed by atoms with Crippen LogP contribution in [0, 0.1) is 5.92 Å². The second kappa shape index (κ2) is 10.1. The van der Waals surface area contributed by atoms with Crippen molar-refractivity contribution in [1.29, 1.82) is 0 Å². The molecule has 0 aromatic carbocycles. The van der Waals surface area contributed by atoms with Crippen LogP contribution in [-0.4, -0.2) is 20.5 Å². The zero-order chi connectivity index (χ0) is 14.0. The van der Waals surface area contributed by atoms with Crippen LogP contribution in [0.15, 0.2) is 35.5 Å². The average molecular weight is 252 g/mol. The second-order valence-corrected chi connectivity index (χ2v) is 4.92. The van der Waals surface area contributed by atoms with E-state index < -0.39 is 0 Å². The summed E-state index contributed by atoms with van der Waals surface area (Å²) in [5, 5.41) is 0. The predicted octanol–water partition coefficient (Wildman–Crippen LogP) is 4.49. The number of rotatable bonds is 8. The molecule has 0 aliphatic carbocycles. The van der Waals surface area contributed by atoms with Crippen molar-refractivity contribution in [3.8, 4) is 0 Å². The Bertz CT molecular complexity index is 292. The van der Waals surface area contributed by atoms with Gasteiger partial charge in [0.2, 0.25) is 0 Å². The molecule has 1 atom stereocenters. The fourth-order valence-corrected chi connectivity index (χ4v) is 1.68. The summed E-state index contributed by atoms with van der Waals surface area (Å²) in [5.74, 6) is 0.252. The highest BCUT2D eigenvalue weighted by Gasteiger charge is 2.11. The van der Waals surface area contributed by atoms with Crippen LogP contribution >= 0.6 is 0 Å². The first-order chi connectivity index (χ1) is 8.51. The topological polar surface area (TPSA) is 18.5 Å². The lowest BCUT2D eigenvalue weighted by atomic mass is 10.1. The zero-order valence-electron chi connectivity index (χ0n) is 12.7. The van der Waals surface area contributed by atoms with E-state index in [1.54, 1.807) is 14.2 Å². The molecule has 0 N–H and O–H groups in total. The summed E-state index contributed by atoms with van der Waals surface area (Å²) >= 11 is 0. The Labute approximate surface area is 112 Å². The molecule has 0 rings (SSSR count). The normalized spacial score (nSPS) is 14.3. The molecular formula is C16H28O2. The smallest absolute Gasteiger partial charge is 0.162 e. The van der Waals surface area contributed by atoms with Crippen LogP contribution in [0.4, 0.5) is 0 Å². The third-order valence-electron chi connectivity index (χ3n) is 2.78. The van der Waals surface area contributed by atoms with E-state index in [4.69, 9.17) is 9.47 Å². The highest BCUT2D eigenvalue weighted by molar-refractivity contribution is 5.12. The Morgan fingerprint density at radius 3 is 2.22 bits per heavy atom. The van der Waals surface area contributed by atoms with E-state index in [0.29, 0.717) is 0 Å². The lowest BCUT2D eigenvalue weighted by molar-refractivity contribution is -0.122. The molecular weight excluding hydrogens is 224 g/mol.